The van der Waals surface area contributed by atoms with Crippen molar-refractivity contribution in [1.82, 2.24) is 9.88 Å². The molecule has 0 atom stereocenters. The molecule has 2 amide bonds. The Bertz CT molecular complexity index is 1340. The van der Waals surface area contributed by atoms with E-state index in [0.29, 0.717) is 49.3 Å². The number of carbonyl (C=O) groups is 2. The van der Waals surface area contributed by atoms with Crippen LogP contribution in [0.2, 0.25) is 0 Å². The fourth-order valence-electron chi connectivity index (χ4n) is 4.40. The molecule has 0 unspecified atom stereocenters. The van der Waals surface area contributed by atoms with Gasteiger partial charge in [0.1, 0.15) is 22.8 Å². The number of fused-ring (bicyclic) bond motifs is 1. The highest BCUT2D eigenvalue weighted by molar-refractivity contribution is 6.10. The Morgan fingerprint density at radius 1 is 0.972 bits per heavy atom. The highest BCUT2D eigenvalue weighted by Gasteiger charge is 2.29. The van der Waals surface area contributed by atoms with Crippen LogP contribution in [0.5, 0.6) is 5.75 Å². The summed E-state index contributed by atoms with van der Waals surface area (Å²) >= 11 is 0. The van der Waals surface area contributed by atoms with Gasteiger partial charge in [0, 0.05) is 44.2 Å². The van der Waals surface area contributed by atoms with Crippen LogP contribution in [0.1, 0.15) is 22.5 Å². The molecule has 1 aliphatic rings. The zero-order valence-corrected chi connectivity index (χ0v) is 20.1. The number of pyridine rings is 1. The number of amides is 2. The first-order valence-electron chi connectivity index (χ1n) is 12.0. The fourth-order valence-corrected chi connectivity index (χ4v) is 4.40. The Kier molecular flexibility index (Phi) is 6.84. The smallest absolute Gasteiger partial charge is 0.291 e. The number of nitrogens with zero attached hydrogens (tertiary/aromatic N) is 3. The molecule has 2 aromatic carbocycles. The van der Waals surface area contributed by atoms with E-state index in [-0.39, 0.29) is 24.0 Å². The maximum atomic E-state index is 13.5. The van der Waals surface area contributed by atoms with Crippen molar-refractivity contribution in [1.29, 1.82) is 0 Å². The summed E-state index contributed by atoms with van der Waals surface area (Å²) in [4.78, 5) is 34.7. The average molecular weight is 485 g/mol. The van der Waals surface area contributed by atoms with Crippen LogP contribution in [0.4, 0.5) is 11.5 Å². The third-order valence-corrected chi connectivity index (χ3v) is 6.39. The maximum Gasteiger partial charge on any atom is 0.291 e. The minimum absolute atomic E-state index is 0.167. The molecule has 0 saturated carbocycles. The van der Waals surface area contributed by atoms with Gasteiger partial charge in [-0.05, 0) is 48.4 Å². The summed E-state index contributed by atoms with van der Waals surface area (Å²) in [5, 5.41) is 3.67. The first-order chi connectivity index (χ1) is 17.6. The number of carbonyl (C=O) groups excluding carboxylic acids is 2. The van der Waals surface area contributed by atoms with E-state index >= 15 is 0 Å². The van der Waals surface area contributed by atoms with Gasteiger partial charge in [-0.1, -0.05) is 30.3 Å². The summed E-state index contributed by atoms with van der Waals surface area (Å²) in [6, 6.07) is 20.8. The lowest BCUT2D eigenvalue weighted by molar-refractivity contribution is -0.116. The maximum absolute atomic E-state index is 13.5. The molecule has 0 radical (unpaired) electrons. The Hall–Kier alpha value is -4.33. The number of anilines is 2. The second kappa shape index (κ2) is 10.5. The van der Waals surface area contributed by atoms with Gasteiger partial charge in [0.2, 0.25) is 11.7 Å². The Balaban J connectivity index is 1.29. The standard InChI is InChI=1S/C28H28N4O4/c1-35-21-12-9-20(10-13-21)11-14-25(33)30-26-22-6-2-3-7-23(22)36-27(26)28(34)32-18-16-31(17-19-32)24-8-4-5-15-29-24/h2-10,12-13,15H,11,14,16-19H2,1H3,(H,30,33). The lowest BCUT2D eigenvalue weighted by Crippen LogP contribution is -2.49. The number of aryl methyl sites for hydroxylation is 1. The number of hydrogen-bond acceptors (Lipinski definition) is 6. The number of benzene rings is 2. The van der Waals surface area contributed by atoms with Gasteiger partial charge >= 0.3 is 0 Å². The molecule has 184 valence electrons. The number of para-hydroxylation sites is 1. The number of furan rings is 1. The highest BCUT2D eigenvalue weighted by Crippen LogP contribution is 2.32. The van der Waals surface area contributed by atoms with E-state index in [4.69, 9.17) is 9.15 Å². The van der Waals surface area contributed by atoms with Crippen molar-refractivity contribution in [3.63, 3.8) is 0 Å². The molecular weight excluding hydrogens is 456 g/mol. The monoisotopic (exact) mass is 484 g/mol. The fraction of sp³-hybridized carbons (Fsp3) is 0.250. The number of piperazine rings is 1. The Morgan fingerprint density at radius 3 is 2.44 bits per heavy atom. The molecule has 1 aliphatic heterocycles. The topological polar surface area (TPSA) is 87.9 Å². The van der Waals surface area contributed by atoms with Gasteiger partial charge in [-0.2, -0.15) is 0 Å². The van der Waals surface area contributed by atoms with Crippen LogP contribution >= 0.6 is 0 Å². The van der Waals surface area contributed by atoms with Crippen LogP contribution in [0.25, 0.3) is 11.0 Å². The number of aromatic nitrogens is 1. The molecule has 1 fully saturated rings. The molecule has 2 aromatic heterocycles. The third kappa shape index (κ3) is 5.02. The van der Waals surface area contributed by atoms with Crippen molar-refractivity contribution in [2.45, 2.75) is 12.8 Å². The zero-order valence-electron chi connectivity index (χ0n) is 20.1. The zero-order chi connectivity index (χ0) is 24.9. The number of hydrogen-bond donors (Lipinski definition) is 1. The lowest BCUT2D eigenvalue weighted by Gasteiger charge is -2.35. The normalized spacial score (nSPS) is 13.6. The van der Waals surface area contributed by atoms with Gasteiger partial charge in [0.25, 0.3) is 5.91 Å². The van der Waals surface area contributed by atoms with E-state index < -0.39 is 0 Å². The first-order valence-corrected chi connectivity index (χ1v) is 12.0. The van der Waals surface area contributed by atoms with Crippen LogP contribution in [0, 0.1) is 0 Å². The summed E-state index contributed by atoms with van der Waals surface area (Å²) in [5.74, 6) is 1.44. The number of nitrogens with one attached hydrogen (secondary N) is 1. The summed E-state index contributed by atoms with van der Waals surface area (Å²) in [5.41, 5.74) is 2.03. The molecule has 1 N–H and O–H groups in total. The Labute approximate surface area is 209 Å². The SMILES string of the molecule is COc1ccc(CCC(=O)Nc2c(C(=O)N3CCN(c4ccccn4)CC3)oc3ccccc23)cc1. The molecule has 3 heterocycles. The van der Waals surface area contributed by atoms with Gasteiger partial charge in [0.05, 0.1) is 7.11 Å². The van der Waals surface area contributed by atoms with Crippen molar-refractivity contribution in [3.8, 4) is 5.75 Å². The van der Waals surface area contributed by atoms with Gasteiger partial charge in [0.15, 0.2) is 0 Å². The number of methoxy groups -OCH3 is 1. The molecular formula is C28H28N4O4. The predicted octanol–water partition coefficient (Wildman–Crippen LogP) is 4.37. The van der Waals surface area contributed by atoms with Crippen LogP contribution < -0.4 is 15.0 Å². The van der Waals surface area contributed by atoms with Gasteiger partial charge in [-0.25, -0.2) is 4.98 Å². The number of ether oxygens (including phenoxy) is 1. The summed E-state index contributed by atoms with van der Waals surface area (Å²) in [7, 11) is 1.62. The minimum atomic E-state index is -0.225. The van der Waals surface area contributed by atoms with E-state index in [1.165, 1.54) is 0 Å². The molecule has 4 aromatic rings. The van der Waals surface area contributed by atoms with E-state index in [1.54, 1.807) is 24.3 Å². The lowest BCUT2D eigenvalue weighted by atomic mass is 10.1. The Morgan fingerprint density at radius 2 is 1.72 bits per heavy atom. The van der Waals surface area contributed by atoms with Gasteiger partial charge < -0.3 is 24.3 Å². The quantitative estimate of drug-likeness (QED) is 0.419. The van der Waals surface area contributed by atoms with Crippen LogP contribution in [0.3, 0.4) is 0 Å². The van der Waals surface area contributed by atoms with Crippen molar-refractivity contribution in [2.24, 2.45) is 0 Å². The molecule has 36 heavy (non-hydrogen) atoms. The molecule has 8 heteroatoms. The summed E-state index contributed by atoms with van der Waals surface area (Å²) in [6.45, 7) is 2.42. The molecule has 5 rings (SSSR count). The summed E-state index contributed by atoms with van der Waals surface area (Å²) in [6.07, 6.45) is 2.62. The van der Waals surface area contributed by atoms with E-state index in [9.17, 15) is 9.59 Å². The predicted molar refractivity (Wildman–Crippen MR) is 139 cm³/mol. The second-order valence-electron chi connectivity index (χ2n) is 8.67. The molecule has 8 nitrogen and oxygen atoms in total. The number of rotatable bonds is 7. The summed E-state index contributed by atoms with van der Waals surface area (Å²) < 4.78 is 11.2. The molecule has 0 aliphatic carbocycles. The highest BCUT2D eigenvalue weighted by atomic mass is 16.5. The van der Waals surface area contributed by atoms with Crippen molar-refractivity contribution in [2.75, 3.05) is 43.5 Å². The second-order valence-corrected chi connectivity index (χ2v) is 8.67. The van der Waals surface area contributed by atoms with E-state index in [0.717, 1.165) is 17.1 Å². The van der Waals surface area contributed by atoms with Crippen molar-refractivity contribution in [3.05, 3.63) is 84.3 Å². The molecule has 0 bridgehead atoms. The molecule has 0 spiro atoms. The van der Waals surface area contributed by atoms with E-state index in [1.807, 2.05) is 60.7 Å². The van der Waals surface area contributed by atoms with Crippen LogP contribution in [-0.2, 0) is 11.2 Å². The van der Waals surface area contributed by atoms with Crippen LogP contribution in [0.15, 0.2) is 77.3 Å². The average Bonchev–Trinajstić information content (AvgIpc) is 3.30. The van der Waals surface area contributed by atoms with E-state index in [2.05, 4.69) is 15.2 Å². The van der Waals surface area contributed by atoms with Crippen molar-refractivity contribution < 1.29 is 18.7 Å². The minimum Gasteiger partial charge on any atom is -0.497 e. The van der Waals surface area contributed by atoms with Crippen LogP contribution in [-0.4, -0.2) is 55.0 Å². The molecule has 1 saturated heterocycles. The first kappa shape index (κ1) is 23.4. The third-order valence-electron chi connectivity index (χ3n) is 6.39. The van der Waals surface area contributed by atoms with Gasteiger partial charge in [-0.15, -0.1) is 0 Å². The largest absolute Gasteiger partial charge is 0.497 e. The van der Waals surface area contributed by atoms with Gasteiger partial charge in [-0.3, -0.25) is 9.59 Å². The van der Waals surface area contributed by atoms with Crippen molar-refractivity contribution >= 4 is 34.3 Å².